The second-order valence-electron chi connectivity index (χ2n) is 7.05. The number of nitrogens with one attached hydrogen (secondary N) is 1. The molecule has 0 atom stereocenters. The molecule has 1 amide bonds. The average Bonchev–Trinajstić information content (AvgIpc) is 2.64. The van der Waals surface area contributed by atoms with E-state index in [9.17, 15) is 4.79 Å². The molecule has 2 aliphatic rings. The van der Waals surface area contributed by atoms with Gasteiger partial charge in [-0.1, -0.05) is 24.3 Å². The number of ether oxygens (including phenoxy) is 1. The minimum Gasteiger partial charge on any atom is -0.379 e. The number of carbonyl (C=O) groups is 1. The topological polar surface area (TPSA) is 70.8 Å². The standard InChI is InChI=1S/C19H30N4O2.2ClH/c20-18-5-7-22(8-6-18)15-19(24)21-13-16-3-1-2-4-17(16)14-23-9-11-25-12-10-23;;/h1-4,18H,5-15,20H2,(H,21,24);2*1H. The first-order valence-electron chi connectivity index (χ1n) is 9.32. The van der Waals surface area contributed by atoms with Crippen molar-refractivity contribution in [2.45, 2.75) is 32.0 Å². The minimum absolute atomic E-state index is 0. The molecule has 3 N–H and O–H groups in total. The summed E-state index contributed by atoms with van der Waals surface area (Å²) in [5.41, 5.74) is 8.40. The predicted octanol–water partition coefficient (Wildman–Crippen LogP) is 1.40. The van der Waals surface area contributed by atoms with Crippen molar-refractivity contribution in [2.75, 3.05) is 45.9 Å². The smallest absolute Gasteiger partial charge is 0.234 e. The summed E-state index contributed by atoms with van der Waals surface area (Å²) in [7, 11) is 0. The molecular weight excluding hydrogens is 387 g/mol. The Hall–Kier alpha value is -0.890. The van der Waals surface area contributed by atoms with Crippen LogP contribution in [-0.2, 0) is 22.6 Å². The predicted molar refractivity (Wildman–Crippen MR) is 113 cm³/mol. The molecule has 0 unspecified atom stereocenters. The number of nitrogens with zero attached hydrogens (tertiary/aromatic N) is 2. The van der Waals surface area contributed by atoms with Crippen LogP contribution in [0, 0.1) is 0 Å². The molecule has 2 fully saturated rings. The number of benzene rings is 1. The lowest BCUT2D eigenvalue weighted by Gasteiger charge is -2.29. The average molecular weight is 419 g/mol. The summed E-state index contributed by atoms with van der Waals surface area (Å²) in [5.74, 6) is 0.0941. The van der Waals surface area contributed by atoms with Crippen LogP contribution in [0.25, 0.3) is 0 Å². The molecule has 2 aliphatic heterocycles. The van der Waals surface area contributed by atoms with Crippen molar-refractivity contribution in [3.63, 3.8) is 0 Å². The first kappa shape index (κ1) is 24.1. The molecule has 1 aromatic rings. The highest BCUT2D eigenvalue weighted by molar-refractivity contribution is 5.85. The Morgan fingerprint density at radius 2 is 1.67 bits per heavy atom. The maximum absolute atomic E-state index is 12.3. The van der Waals surface area contributed by atoms with Crippen molar-refractivity contribution in [1.82, 2.24) is 15.1 Å². The molecule has 0 spiro atoms. The van der Waals surface area contributed by atoms with Crippen LogP contribution in [0.4, 0.5) is 0 Å². The van der Waals surface area contributed by atoms with Gasteiger partial charge in [-0.15, -0.1) is 24.8 Å². The molecule has 1 aromatic carbocycles. The number of nitrogens with two attached hydrogens (primary N) is 1. The number of amides is 1. The Balaban J connectivity index is 0.00000182. The number of hydrogen-bond acceptors (Lipinski definition) is 5. The normalized spacial score (nSPS) is 19.0. The fourth-order valence-electron chi connectivity index (χ4n) is 3.45. The lowest BCUT2D eigenvalue weighted by molar-refractivity contribution is -0.122. The van der Waals surface area contributed by atoms with Crippen LogP contribution in [0.3, 0.4) is 0 Å². The van der Waals surface area contributed by atoms with Crippen molar-refractivity contribution < 1.29 is 9.53 Å². The number of halogens is 2. The van der Waals surface area contributed by atoms with Gasteiger partial charge >= 0.3 is 0 Å². The Bertz CT molecular complexity index is 562. The number of likely N-dealkylation sites (tertiary alicyclic amines) is 1. The number of morpholine rings is 1. The Morgan fingerprint density at radius 3 is 2.33 bits per heavy atom. The molecule has 2 saturated heterocycles. The van der Waals surface area contributed by atoms with E-state index in [1.165, 1.54) is 11.1 Å². The SMILES string of the molecule is Cl.Cl.NC1CCN(CC(=O)NCc2ccccc2CN2CCOCC2)CC1. The molecule has 0 bridgehead atoms. The van der Waals surface area contributed by atoms with Crippen LogP contribution in [0.5, 0.6) is 0 Å². The minimum atomic E-state index is 0. The Labute approximate surface area is 174 Å². The van der Waals surface area contributed by atoms with Gasteiger partial charge in [-0.05, 0) is 24.0 Å². The van der Waals surface area contributed by atoms with Gasteiger partial charge in [0.05, 0.1) is 19.8 Å². The number of carbonyl (C=O) groups excluding carboxylic acids is 1. The summed E-state index contributed by atoms with van der Waals surface area (Å²) in [6.45, 7) is 7.36. The third-order valence-electron chi connectivity index (χ3n) is 5.09. The third-order valence-corrected chi connectivity index (χ3v) is 5.09. The molecule has 0 aliphatic carbocycles. The summed E-state index contributed by atoms with van der Waals surface area (Å²) in [5, 5.41) is 3.08. The van der Waals surface area contributed by atoms with E-state index in [0.29, 0.717) is 19.1 Å². The van der Waals surface area contributed by atoms with Gasteiger partial charge in [0.15, 0.2) is 0 Å². The van der Waals surface area contributed by atoms with Crippen molar-refractivity contribution in [1.29, 1.82) is 0 Å². The van der Waals surface area contributed by atoms with Gasteiger partial charge in [0.1, 0.15) is 0 Å². The molecule has 3 rings (SSSR count). The second-order valence-corrected chi connectivity index (χ2v) is 7.05. The van der Waals surface area contributed by atoms with Crippen LogP contribution in [0.2, 0.25) is 0 Å². The van der Waals surface area contributed by atoms with Crippen molar-refractivity contribution in [3.05, 3.63) is 35.4 Å². The summed E-state index contributed by atoms with van der Waals surface area (Å²) in [4.78, 5) is 16.9. The van der Waals surface area contributed by atoms with Gasteiger partial charge in [-0.25, -0.2) is 0 Å². The molecule has 2 heterocycles. The summed E-state index contributed by atoms with van der Waals surface area (Å²) < 4.78 is 5.41. The van der Waals surface area contributed by atoms with E-state index in [1.54, 1.807) is 0 Å². The second kappa shape index (κ2) is 12.5. The highest BCUT2D eigenvalue weighted by Gasteiger charge is 2.18. The zero-order valence-corrected chi connectivity index (χ0v) is 17.4. The maximum atomic E-state index is 12.3. The van der Waals surface area contributed by atoms with E-state index < -0.39 is 0 Å². The van der Waals surface area contributed by atoms with Crippen LogP contribution in [-0.4, -0.2) is 67.7 Å². The Kier molecular flexibility index (Phi) is 11.2. The lowest BCUT2D eigenvalue weighted by Crippen LogP contribution is -2.44. The largest absolute Gasteiger partial charge is 0.379 e. The van der Waals surface area contributed by atoms with E-state index in [4.69, 9.17) is 10.5 Å². The van der Waals surface area contributed by atoms with Gasteiger partial charge in [-0.3, -0.25) is 14.6 Å². The van der Waals surface area contributed by atoms with Gasteiger partial charge in [-0.2, -0.15) is 0 Å². The lowest BCUT2D eigenvalue weighted by atomic mass is 10.1. The number of hydrogen-bond donors (Lipinski definition) is 2. The van der Waals surface area contributed by atoms with E-state index in [1.807, 2.05) is 6.07 Å². The zero-order valence-electron chi connectivity index (χ0n) is 15.8. The fourth-order valence-corrected chi connectivity index (χ4v) is 3.45. The Morgan fingerprint density at radius 1 is 1.04 bits per heavy atom. The zero-order chi connectivity index (χ0) is 17.5. The van der Waals surface area contributed by atoms with Crippen LogP contribution in [0.1, 0.15) is 24.0 Å². The number of rotatable bonds is 6. The van der Waals surface area contributed by atoms with Gasteiger partial charge < -0.3 is 15.8 Å². The first-order valence-corrected chi connectivity index (χ1v) is 9.32. The molecule has 0 saturated carbocycles. The van der Waals surface area contributed by atoms with Crippen LogP contribution in [0.15, 0.2) is 24.3 Å². The van der Waals surface area contributed by atoms with Gasteiger partial charge in [0.2, 0.25) is 5.91 Å². The van der Waals surface area contributed by atoms with Crippen LogP contribution >= 0.6 is 24.8 Å². The van der Waals surface area contributed by atoms with E-state index in [-0.39, 0.29) is 30.7 Å². The van der Waals surface area contributed by atoms with E-state index in [2.05, 4.69) is 33.3 Å². The fraction of sp³-hybridized carbons (Fsp3) is 0.632. The highest BCUT2D eigenvalue weighted by atomic mass is 35.5. The summed E-state index contributed by atoms with van der Waals surface area (Å²) >= 11 is 0. The highest BCUT2D eigenvalue weighted by Crippen LogP contribution is 2.13. The van der Waals surface area contributed by atoms with E-state index >= 15 is 0 Å². The third kappa shape index (κ3) is 7.94. The van der Waals surface area contributed by atoms with Crippen LogP contribution < -0.4 is 11.1 Å². The van der Waals surface area contributed by atoms with Gasteiger partial charge in [0, 0.05) is 45.3 Å². The van der Waals surface area contributed by atoms with Crippen molar-refractivity contribution >= 4 is 30.7 Å². The van der Waals surface area contributed by atoms with Crippen molar-refractivity contribution in [2.24, 2.45) is 5.73 Å². The monoisotopic (exact) mass is 418 g/mol. The molecule has 0 aromatic heterocycles. The van der Waals surface area contributed by atoms with E-state index in [0.717, 1.165) is 58.8 Å². The molecular formula is C19H32Cl2N4O2. The molecule has 27 heavy (non-hydrogen) atoms. The van der Waals surface area contributed by atoms with Gasteiger partial charge in [0.25, 0.3) is 0 Å². The summed E-state index contributed by atoms with van der Waals surface area (Å²) in [6.07, 6.45) is 1.96. The molecule has 8 heteroatoms. The number of piperidine rings is 1. The van der Waals surface area contributed by atoms with Crippen molar-refractivity contribution in [3.8, 4) is 0 Å². The first-order chi connectivity index (χ1) is 12.2. The molecule has 6 nitrogen and oxygen atoms in total. The quantitative estimate of drug-likeness (QED) is 0.730. The molecule has 0 radical (unpaired) electrons. The summed E-state index contributed by atoms with van der Waals surface area (Å²) in [6, 6.07) is 8.67. The maximum Gasteiger partial charge on any atom is 0.234 e. The molecule has 154 valence electrons.